The van der Waals surface area contributed by atoms with Crippen LogP contribution < -0.4 is 0 Å². The number of carbonyl (C=O) groups is 1. The maximum absolute atomic E-state index is 13.0. The molecule has 4 nitrogen and oxygen atoms in total. The van der Waals surface area contributed by atoms with E-state index in [2.05, 4.69) is 18.0 Å². The van der Waals surface area contributed by atoms with Gasteiger partial charge < -0.3 is 9.32 Å². The lowest BCUT2D eigenvalue weighted by atomic mass is 9.90. The first-order valence-corrected chi connectivity index (χ1v) is 10.8. The van der Waals surface area contributed by atoms with Gasteiger partial charge in [-0.3, -0.25) is 4.79 Å². The number of para-hydroxylation sites is 2. The van der Waals surface area contributed by atoms with E-state index in [1.54, 1.807) is 11.3 Å². The third-order valence-electron chi connectivity index (χ3n) is 5.98. The van der Waals surface area contributed by atoms with Crippen LogP contribution in [0.15, 0.2) is 34.7 Å². The number of benzene rings is 1. The number of aromatic nitrogens is 1. The molecule has 2 aliphatic rings. The van der Waals surface area contributed by atoms with Crippen molar-refractivity contribution in [1.82, 2.24) is 9.88 Å². The third kappa shape index (κ3) is 3.18. The zero-order chi connectivity index (χ0) is 18.4. The summed E-state index contributed by atoms with van der Waals surface area (Å²) in [6.07, 6.45) is 5.34. The first-order chi connectivity index (χ1) is 13.2. The van der Waals surface area contributed by atoms with Crippen LogP contribution >= 0.6 is 11.3 Å². The molecule has 1 atom stereocenters. The molecule has 1 aliphatic heterocycles. The van der Waals surface area contributed by atoms with Gasteiger partial charge in [0.25, 0.3) is 5.91 Å². The Balaban J connectivity index is 1.27. The summed E-state index contributed by atoms with van der Waals surface area (Å²) in [5.41, 5.74) is 3.18. The van der Waals surface area contributed by atoms with Gasteiger partial charge in [0.15, 0.2) is 11.5 Å². The summed E-state index contributed by atoms with van der Waals surface area (Å²) in [4.78, 5) is 22.0. The molecule has 2 aromatic heterocycles. The molecule has 27 heavy (non-hydrogen) atoms. The molecule has 3 aromatic rings. The molecule has 5 heteroatoms. The fraction of sp³-hybridized carbons (Fsp3) is 0.455. The molecule has 0 radical (unpaired) electrons. The number of oxazole rings is 1. The van der Waals surface area contributed by atoms with Crippen molar-refractivity contribution < 1.29 is 9.21 Å². The van der Waals surface area contributed by atoms with E-state index >= 15 is 0 Å². The monoisotopic (exact) mass is 380 g/mol. The van der Waals surface area contributed by atoms with E-state index in [-0.39, 0.29) is 5.91 Å². The van der Waals surface area contributed by atoms with Gasteiger partial charge in [0.2, 0.25) is 0 Å². The van der Waals surface area contributed by atoms with Crippen LogP contribution in [0.2, 0.25) is 0 Å². The first-order valence-electron chi connectivity index (χ1n) is 9.93. The minimum Gasteiger partial charge on any atom is -0.440 e. The van der Waals surface area contributed by atoms with Crippen molar-refractivity contribution in [3.05, 3.63) is 51.5 Å². The van der Waals surface area contributed by atoms with Gasteiger partial charge >= 0.3 is 0 Å². The van der Waals surface area contributed by atoms with Crippen molar-refractivity contribution in [1.29, 1.82) is 0 Å². The van der Waals surface area contributed by atoms with Crippen molar-refractivity contribution in [3.8, 4) is 0 Å². The van der Waals surface area contributed by atoms with E-state index in [4.69, 9.17) is 4.42 Å². The number of rotatable bonds is 2. The molecule has 5 rings (SSSR count). The Morgan fingerprint density at radius 3 is 2.85 bits per heavy atom. The normalized spacial score (nSPS) is 20.8. The number of hydrogen-bond acceptors (Lipinski definition) is 4. The smallest absolute Gasteiger partial charge is 0.263 e. The van der Waals surface area contributed by atoms with Gasteiger partial charge in [-0.15, -0.1) is 11.3 Å². The Bertz CT molecular complexity index is 948. The summed E-state index contributed by atoms with van der Waals surface area (Å²) < 4.78 is 5.94. The van der Waals surface area contributed by atoms with E-state index in [0.29, 0.717) is 5.92 Å². The molecule has 140 valence electrons. The lowest BCUT2D eigenvalue weighted by Gasteiger charge is -2.30. The fourth-order valence-corrected chi connectivity index (χ4v) is 5.54. The second-order valence-corrected chi connectivity index (χ2v) is 9.13. The molecule has 1 fully saturated rings. The maximum Gasteiger partial charge on any atom is 0.263 e. The summed E-state index contributed by atoms with van der Waals surface area (Å²) in [7, 11) is 0. The topological polar surface area (TPSA) is 46.3 Å². The number of likely N-dealkylation sites (tertiary alicyclic amines) is 1. The molecular weight excluding hydrogens is 356 g/mol. The number of fused-ring (bicyclic) bond motifs is 2. The maximum atomic E-state index is 13.0. The number of carbonyl (C=O) groups excluding carboxylic acids is 1. The largest absolute Gasteiger partial charge is 0.440 e. The van der Waals surface area contributed by atoms with Gasteiger partial charge in [0.1, 0.15) is 5.52 Å². The predicted molar refractivity (Wildman–Crippen MR) is 107 cm³/mol. The van der Waals surface area contributed by atoms with Crippen LogP contribution in [0.4, 0.5) is 0 Å². The Morgan fingerprint density at radius 2 is 2.04 bits per heavy atom. The predicted octanol–water partition coefficient (Wildman–Crippen LogP) is 5.03. The van der Waals surface area contributed by atoms with Gasteiger partial charge in [0, 0.05) is 23.9 Å². The van der Waals surface area contributed by atoms with E-state index < -0.39 is 0 Å². The van der Waals surface area contributed by atoms with Gasteiger partial charge in [-0.25, -0.2) is 4.98 Å². The molecular formula is C22H24N2O2S. The van der Waals surface area contributed by atoms with Crippen molar-refractivity contribution >= 4 is 28.3 Å². The third-order valence-corrected chi connectivity index (χ3v) is 7.21. The number of amides is 1. The summed E-state index contributed by atoms with van der Waals surface area (Å²) in [5, 5.41) is 0. The highest BCUT2D eigenvalue weighted by Crippen LogP contribution is 2.34. The Hall–Kier alpha value is -2.14. The molecule has 1 saturated heterocycles. The minimum atomic E-state index is 0.207. The highest BCUT2D eigenvalue weighted by atomic mass is 32.1. The number of aryl methyl sites for hydroxylation is 1. The summed E-state index contributed by atoms with van der Waals surface area (Å²) in [5.74, 6) is 2.07. The molecule has 1 aromatic carbocycles. The average molecular weight is 381 g/mol. The Kier molecular flexibility index (Phi) is 4.27. The van der Waals surface area contributed by atoms with E-state index in [1.165, 1.54) is 16.9 Å². The fourth-order valence-electron chi connectivity index (χ4n) is 4.36. The Morgan fingerprint density at radius 1 is 1.22 bits per heavy atom. The second kappa shape index (κ2) is 6.79. The highest BCUT2D eigenvalue weighted by Gasteiger charge is 2.29. The zero-order valence-corrected chi connectivity index (χ0v) is 16.4. The van der Waals surface area contributed by atoms with Gasteiger partial charge in [0.05, 0.1) is 4.88 Å². The van der Waals surface area contributed by atoms with Gasteiger partial charge in [-0.1, -0.05) is 19.1 Å². The average Bonchev–Trinajstić information content (AvgIpc) is 3.31. The Labute approximate surface area is 163 Å². The molecule has 3 heterocycles. The molecule has 0 spiro atoms. The molecule has 0 saturated carbocycles. The van der Waals surface area contributed by atoms with Gasteiger partial charge in [-0.05, 0) is 61.8 Å². The van der Waals surface area contributed by atoms with E-state index in [0.717, 1.165) is 66.6 Å². The number of hydrogen-bond donors (Lipinski definition) is 0. The summed E-state index contributed by atoms with van der Waals surface area (Å²) in [6.45, 7) is 3.86. The zero-order valence-electron chi connectivity index (χ0n) is 15.6. The number of nitrogens with zero attached hydrogens (tertiary/aromatic N) is 2. The molecule has 0 N–H and O–H groups in total. The molecule has 1 aliphatic carbocycles. The van der Waals surface area contributed by atoms with Crippen LogP contribution in [0.25, 0.3) is 11.1 Å². The number of piperidine rings is 1. The lowest BCUT2D eigenvalue weighted by molar-refractivity contribution is 0.0711. The van der Waals surface area contributed by atoms with E-state index in [9.17, 15) is 4.79 Å². The summed E-state index contributed by atoms with van der Waals surface area (Å²) in [6, 6.07) is 10.1. The van der Waals surface area contributed by atoms with Crippen molar-refractivity contribution in [2.75, 3.05) is 13.1 Å². The molecule has 1 unspecified atom stereocenters. The number of thiophene rings is 1. The standard InChI is InChI=1S/C22H24N2O2S/c1-14-6-7-19-16(12-14)13-20(27-19)22(25)24-10-8-15(9-11-24)21-23-17-4-2-3-5-18(17)26-21/h2-5,13-15H,6-12H2,1H3. The van der Waals surface area contributed by atoms with Crippen molar-refractivity contribution in [3.63, 3.8) is 0 Å². The van der Waals surface area contributed by atoms with E-state index in [1.807, 2.05) is 29.2 Å². The second-order valence-electron chi connectivity index (χ2n) is 7.99. The van der Waals surface area contributed by atoms with Crippen LogP contribution in [0.3, 0.4) is 0 Å². The van der Waals surface area contributed by atoms with Crippen LogP contribution in [-0.4, -0.2) is 28.9 Å². The molecule has 0 bridgehead atoms. The van der Waals surface area contributed by atoms with Crippen molar-refractivity contribution in [2.45, 2.75) is 44.9 Å². The SMILES string of the molecule is CC1CCc2sc(C(=O)N3CCC(c4nc5ccccc5o4)CC3)cc2C1. The van der Waals surface area contributed by atoms with Crippen LogP contribution in [0.5, 0.6) is 0 Å². The van der Waals surface area contributed by atoms with Crippen LogP contribution in [-0.2, 0) is 12.8 Å². The summed E-state index contributed by atoms with van der Waals surface area (Å²) >= 11 is 1.72. The highest BCUT2D eigenvalue weighted by molar-refractivity contribution is 7.14. The van der Waals surface area contributed by atoms with Gasteiger partial charge in [-0.2, -0.15) is 0 Å². The van der Waals surface area contributed by atoms with Crippen LogP contribution in [0, 0.1) is 5.92 Å². The quantitative estimate of drug-likeness (QED) is 0.626. The first kappa shape index (κ1) is 17.0. The lowest BCUT2D eigenvalue weighted by Crippen LogP contribution is -2.37. The van der Waals surface area contributed by atoms with Crippen LogP contribution in [0.1, 0.15) is 58.1 Å². The van der Waals surface area contributed by atoms with Crippen molar-refractivity contribution in [2.24, 2.45) is 5.92 Å². The minimum absolute atomic E-state index is 0.207. The molecule has 1 amide bonds.